The van der Waals surface area contributed by atoms with Gasteiger partial charge >= 0.3 is 5.97 Å². The SMILES string of the molecule is O=C(CCc1ccccc1Br)NCC(=O)OCc1ccccc1. The lowest BCUT2D eigenvalue weighted by Crippen LogP contribution is -2.30. The number of ether oxygens (including phenoxy) is 1. The van der Waals surface area contributed by atoms with Crippen LogP contribution in [0.4, 0.5) is 0 Å². The second-order valence-corrected chi connectivity index (χ2v) is 5.87. The molecule has 120 valence electrons. The van der Waals surface area contributed by atoms with Gasteiger partial charge in [0.25, 0.3) is 0 Å². The van der Waals surface area contributed by atoms with Crippen molar-refractivity contribution in [3.05, 3.63) is 70.2 Å². The monoisotopic (exact) mass is 375 g/mol. The van der Waals surface area contributed by atoms with Crippen LogP contribution in [-0.4, -0.2) is 18.4 Å². The van der Waals surface area contributed by atoms with Crippen molar-refractivity contribution in [3.8, 4) is 0 Å². The third kappa shape index (κ3) is 6.24. The Balaban J connectivity index is 1.66. The molecule has 0 saturated carbocycles. The fraction of sp³-hybridized carbons (Fsp3) is 0.222. The molecule has 2 aromatic rings. The van der Waals surface area contributed by atoms with E-state index in [9.17, 15) is 9.59 Å². The second-order valence-electron chi connectivity index (χ2n) is 5.01. The summed E-state index contributed by atoms with van der Waals surface area (Å²) < 4.78 is 6.08. The Morgan fingerprint density at radius 2 is 1.70 bits per heavy atom. The van der Waals surface area contributed by atoms with Crippen LogP contribution in [0, 0.1) is 0 Å². The zero-order chi connectivity index (χ0) is 16.5. The van der Waals surface area contributed by atoms with E-state index in [2.05, 4.69) is 21.2 Å². The number of amides is 1. The Kier molecular flexibility index (Phi) is 6.81. The van der Waals surface area contributed by atoms with Crippen molar-refractivity contribution in [3.63, 3.8) is 0 Å². The number of benzene rings is 2. The number of aryl methyl sites for hydroxylation is 1. The maximum absolute atomic E-state index is 11.8. The highest BCUT2D eigenvalue weighted by Gasteiger charge is 2.08. The first kappa shape index (κ1) is 17.2. The van der Waals surface area contributed by atoms with Crippen LogP contribution >= 0.6 is 15.9 Å². The Morgan fingerprint density at radius 3 is 2.43 bits per heavy atom. The number of hydrogen-bond donors (Lipinski definition) is 1. The Bertz CT molecular complexity index is 658. The van der Waals surface area contributed by atoms with Gasteiger partial charge in [-0.1, -0.05) is 64.5 Å². The van der Waals surface area contributed by atoms with E-state index in [0.717, 1.165) is 15.6 Å². The first-order chi connectivity index (χ1) is 11.1. The molecule has 0 aliphatic carbocycles. The zero-order valence-electron chi connectivity index (χ0n) is 12.6. The molecule has 0 aliphatic rings. The van der Waals surface area contributed by atoms with E-state index in [1.165, 1.54) is 0 Å². The summed E-state index contributed by atoms with van der Waals surface area (Å²) in [7, 11) is 0. The van der Waals surface area contributed by atoms with Gasteiger partial charge in [-0.15, -0.1) is 0 Å². The molecule has 5 heteroatoms. The second kappa shape index (κ2) is 9.10. The van der Waals surface area contributed by atoms with Crippen molar-refractivity contribution in [1.29, 1.82) is 0 Å². The molecule has 0 saturated heterocycles. The van der Waals surface area contributed by atoms with Gasteiger partial charge in [-0.3, -0.25) is 9.59 Å². The van der Waals surface area contributed by atoms with Crippen LogP contribution in [0.15, 0.2) is 59.1 Å². The molecule has 2 aromatic carbocycles. The zero-order valence-corrected chi connectivity index (χ0v) is 14.2. The number of hydrogen-bond acceptors (Lipinski definition) is 3. The van der Waals surface area contributed by atoms with E-state index in [0.29, 0.717) is 12.8 Å². The normalized spacial score (nSPS) is 10.1. The standard InChI is InChI=1S/C18H18BrNO3/c19-16-9-5-4-8-15(16)10-11-17(21)20-12-18(22)23-13-14-6-2-1-3-7-14/h1-9H,10-13H2,(H,20,21). The molecule has 0 spiro atoms. The summed E-state index contributed by atoms with van der Waals surface area (Å²) in [5.74, 6) is -0.611. The summed E-state index contributed by atoms with van der Waals surface area (Å²) in [6.45, 7) is 0.105. The Morgan fingerprint density at radius 1 is 1.00 bits per heavy atom. The van der Waals surface area contributed by atoms with Gasteiger partial charge in [-0.25, -0.2) is 0 Å². The average Bonchev–Trinajstić information content (AvgIpc) is 2.58. The third-order valence-corrected chi connectivity index (χ3v) is 4.03. The lowest BCUT2D eigenvalue weighted by molar-refractivity contribution is -0.145. The smallest absolute Gasteiger partial charge is 0.325 e. The third-order valence-electron chi connectivity index (χ3n) is 3.25. The molecular weight excluding hydrogens is 358 g/mol. The number of carbonyl (C=O) groups is 2. The van der Waals surface area contributed by atoms with E-state index in [1.807, 2.05) is 54.6 Å². The van der Waals surface area contributed by atoms with Crippen molar-refractivity contribution in [2.75, 3.05) is 6.54 Å². The molecule has 0 atom stereocenters. The molecule has 23 heavy (non-hydrogen) atoms. The van der Waals surface area contributed by atoms with Crippen molar-refractivity contribution in [1.82, 2.24) is 5.32 Å². The highest BCUT2D eigenvalue weighted by molar-refractivity contribution is 9.10. The van der Waals surface area contributed by atoms with E-state index in [1.54, 1.807) is 0 Å². The van der Waals surface area contributed by atoms with Gasteiger partial charge in [-0.05, 0) is 23.6 Å². The predicted molar refractivity (Wildman–Crippen MR) is 91.7 cm³/mol. The quantitative estimate of drug-likeness (QED) is 0.755. The first-order valence-corrected chi connectivity index (χ1v) is 8.14. The van der Waals surface area contributed by atoms with Gasteiger partial charge in [-0.2, -0.15) is 0 Å². The number of rotatable bonds is 7. The predicted octanol–water partition coefficient (Wildman–Crippen LogP) is 3.24. The lowest BCUT2D eigenvalue weighted by atomic mass is 10.1. The lowest BCUT2D eigenvalue weighted by Gasteiger charge is -2.07. The number of halogens is 1. The minimum Gasteiger partial charge on any atom is -0.460 e. The highest BCUT2D eigenvalue weighted by atomic mass is 79.9. The summed E-state index contributed by atoms with van der Waals surface area (Å²) in [6.07, 6.45) is 0.945. The number of esters is 1. The maximum atomic E-state index is 11.8. The fourth-order valence-corrected chi connectivity index (χ4v) is 2.48. The summed E-state index contributed by atoms with van der Waals surface area (Å²) in [5, 5.41) is 2.58. The van der Waals surface area contributed by atoms with Crippen LogP contribution in [0.2, 0.25) is 0 Å². The van der Waals surface area contributed by atoms with Crippen molar-refractivity contribution in [2.24, 2.45) is 0 Å². The number of nitrogens with one attached hydrogen (secondary N) is 1. The van der Waals surface area contributed by atoms with E-state index in [-0.39, 0.29) is 19.1 Å². The van der Waals surface area contributed by atoms with E-state index >= 15 is 0 Å². The molecule has 0 aromatic heterocycles. The highest BCUT2D eigenvalue weighted by Crippen LogP contribution is 2.17. The van der Waals surface area contributed by atoms with Crippen LogP contribution in [0.3, 0.4) is 0 Å². The molecule has 2 rings (SSSR count). The largest absolute Gasteiger partial charge is 0.460 e. The molecule has 1 amide bonds. The summed E-state index contributed by atoms with van der Waals surface area (Å²) in [6, 6.07) is 17.2. The molecule has 0 bridgehead atoms. The van der Waals surface area contributed by atoms with Crippen LogP contribution in [0.5, 0.6) is 0 Å². The fourth-order valence-electron chi connectivity index (χ4n) is 2.00. The Hall–Kier alpha value is -2.14. The minimum atomic E-state index is -0.442. The van der Waals surface area contributed by atoms with Gasteiger partial charge in [0, 0.05) is 10.9 Å². The van der Waals surface area contributed by atoms with E-state index < -0.39 is 5.97 Å². The number of carbonyl (C=O) groups excluding carboxylic acids is 2. The van der Waals surface area contributed by atoms with Gasteiger partial charge in [0.2, 0.25) is 5.91 Å². The minimum absolute atomic E-state index is 0.109. The van der Waals surface area contributed by atoms with Crippen LogP contribution in [-0.2, 0) is 27.4 Å². The topological polar surface area (TPSA) is 55.4 Å². The molecule has 0 fully saturated rings. The van der Waals surface area contributed by atoms with Gasteiger partial charge in [0.1, 0.15) is 13.2 Å². The molecule has 0 radical (unpaired) electrons. The van der Waals surface area contributed by atoms with Crippen LogP contribution in [0.1, 0.15) is 17.5 Å². The molecule has 4 nitrogen and oxygen atoms in total. The molecular formula is C18H18BrNO3. The van der Waals surface area contributed by atoms with Crippen molar-refractivity contribution >= 4 is 27.8 Å². The molecule has 0 unspecified atom stereocenters. The summed E-state index contributed by atoms with van der Waals surface area (Å²) in [5.41, 5.74) is 1.98. The molecule has 0 aliphatic heterocycles. The summed E-state index contributed by atoms with van der Waals surface area (Å²) >= 11 is 3.45. The van der Waals surface area contributed by atoms with E-state index in [4.69, 9.17) is 4.74 Å². The van der Waals surface area contributed by atoms with Crippen molar-refractivity contribution in [2.45, 2.75) is 19.4 Å². The molecule has 1 N–H and O–H groups in total. The molecule has 0 heterocycles. The van der Waals surface area contributed by atoms with Crippen LogP contribution < -0.4 is 5.32 Å². The van der Waals surface area contributed by atoms with Gasteiger partial charge in [0.05, 0.1) is 0 Å². The van der Waals surface area contributed by atoms with Gasteiger partial charge in [0.15, 0.2) is 0 Å². The average molecular weight is 376 g/mol. The Labute approximate surface area is 144 Å². The first-order valence-electron chi connectivity index (χ1n) is 7.35. The summed E-state index contributed by atoms with van der Waals surface area (Å²) in [4.78, 5) is 23.4. The van der Waals surface area contributed by atoms with Crippen LogP contribution in [0.25, 0.3) is 0 Å². The maximum Gasteiger partial charge on any atom is 0.325 e. The van der Waals surface area contributed by atoms with Gasteiger partial charge < -0.3 is 10.1 Å². The van der Waals surface area contributed by atoms with Crippen molar-refractivity contribution < 1.29 is 14.3 Å².